The van der Waals surface area contributed by atoms with E-state index in [1.807, 2.05) is 0 Å². The van der Waals surface area contributed by atoms with Gasteiger partial charge in [-0.2, -0.15) is 0 Å². The van der Waals surface area contributed by atoms with Gasteiger partial charge >= 0.3 is 19.8 Å². The van der Waals surface area contributed by atoms with Crippen molar-refractivity contribution in [3.63, 3.8) is 0 Å². The molecule has 0 amide bonds. The minimum atomic E-state index is -4.64. The third kappa shape index (κ3) is 42.9. The minimum Gasteiger partial charge on any atom is -0.457 e. The average molecular weight is 871 g/mol. The number of phosphoric ester groups is 1. The SMILES string of the molecule is CCCCCC/C=C\C/C=C\CCCCCCCCCC(=O)OC(CO)COP(=O)(O)OCC(CO)OC(=O)CCCCCCCCCCC/C=C\CCCCCCCC. The van der Waals surface area contributed by atoms with Crippen molar-refractivity contribution in [3.8, 4) is 0 Å². The van der Waals surface area contributed by atoms with Crippen LogP contribution in [0, 0.1) is 0 Å². The summed E-state index contributed by atoms with van der Waals surface area (Å²) in [6, 6.07) is 0. The highest BCUT2D eigenvalue weighted by Gasteiger charge is 2.27. The Morgan fingerprint density at radius 2 is 0.733 bits per heavy atom. The second kappa shape index (κ2) is 45.2. The molecule has 0 spiro atoms. The summed E-state index contributed by atoms with van der Waals surface area (Å²) in [7, 11) is -4.64. The summed E-state index contributed by atoms with van der Waals surface area (Å²) in [5, 5.41) is 19.2. The number of aliphatic hydroxyl groups excluding tert-OH is 2. The van der Waals surface area contributed by atoms with Gasteiger partial charge in [-0.25, -0.2) is 4.57 Å². The number of esters is 2. The fourth-order valence-electron chi connectivity index (χ4n) is 6.79. The predicted molar refractivity (Wildman–Crippen MR) is 247 cm³/mol. The summed E-state index contributed by atoms with van der Waals surface area (Å²) < 4.78 is 32.7. The van der Waals surface area contributed by atoms with Gasteiger partial charge in [-0.1, -0.05) is 179 Å². The molecule has 352 valence electrons. The van der Waals surface area contributed by atoms with Crippen LogP contribution >= 0.6 is 7.82 Å². The average Bonchev–Trinajstić information content (AvgIpc) is 3.24. The van der Waals surface area contributed by atoms with Crippen LogP contribution in [-0.4, -0.2) is 65.7 Å². The van der Waals surface area contributed by atoms with E-state index >= 15 is 0 Å². The quantitative estimate of drug-likeness (QED) is 0.0234. The van der Waals surface area contributed by atoms with Crippen molar-refractivity contribution < 1.29 is 47.8 Å². The molecular formula is C49H91O10P. The Labute approximate surface area is 367 Å². The lowest BCUT2D eigenvalue weighted by atomic mass is 10.1. The van der Waals surface area contributed by atoms with Crippen molar-refractivity contribution in [3.05, 3.63) is 36.5 Å². The van der Waals surface area contributed by atoms with E-state index in [9.17, 15) is 29.3 Å². The summed E-state index contributed by atoms with van der Waals surface area (Å²) in [5.74, 6) is -1.02. The maximum Gasteiger partial charge on any atom is 0.472 e. The Morgan fingerprint density at radius 1 is 0.450 bits per heavy atom. The molecular weight excluding hydrogens is 780 g/mol. The molecule has 60 heavy (non-hydrogen) atoms. The maximum absolute atomic E-state index is 12.4. The molecule has 10 nitrogen and oxygen atoms in total. The fraction of sp³-hybridized carbons (Fsp3) is 0.837. The van der Waals surface area contributed by atoms with Crippen LogP contribution < -0.4 is 0 Å². The highest BCUT2D eigenvalue weighted by molar-refractivity contribution is 7.47. The Balaban J connectivity index is 3.87. The van der Waals surface area contributed by atoms with Gasteiger partial charge in [-0.3, -0.25) is 18.6 Å². The van der Waals surface area contributed by atoms with Gasteiger partial charge in [0.2, 0.25) is 0 Å². The van der Waals surface area contributed by atoms with Gasteiger partial charge in [0.1, 0.15) is 12.2 Å². The molecule has 0 aromatic carbocycles. The predicted octanol–water partition coefficient (Wildman–Crippen LogP) is 13.5. The lowest BCUT2D eigenvalue weighted by Crippen LogP contribution is -2.28. The van der Waals surface area contributed by atoms with E-state index in [1.54, 1.807) is 0 Å². The maximum atomic E-state index is 12.4. The Bertz CT molecular complexity index is 1090. The van der Waals surface area contributed by atoms with Gasteiger partial charge in [0.05, 0.1) is 26.4 Å². The van der Waals surface area contributed by atoms with Gasteiger partial charge in [0.15, 0.2) is 0 Å². The zero-order valence-electron chi connectivity index (χ0n) is 38.4. The van der Waals surface area contributed by atoms with E-state index in [1.165, 1.54) is 135 Å². The number of hydrogen-bond donors (Lipinski definition) is 3. The van der Waals surface area contributed by atoms with Crippen LogP contribution in [0.15, 0.2) is 36.5 Å². The zero-order chi connectivity index (χ0) is 44.0. The number of ether oxygens (including phenoxy) is 2. The summed E-state index contributed by atoms with van der Waals surface area (Å²) in [4.78, 5) is 34.6. The normalized spacial score (nSPS) is 14.0. The minimum absolute atomic E-state index is 0.184. The van der Waals surface area contributed by atoms with E-state index in [2.05, 4.69) is 50.3 Å². The summed E-state index contributed by atoms with van der Waals surface area (Å²) in [5.41, 5.74) is 0. The number of rotatable bonds is 46. The fourth-order valence-corrected chi connectivity index (χ4v) is 7.57. The largest absolute Gasteiger partial charge is 0.472 e. The second-order valence-electron chi connectivity index (χ2n) is 16.4. The molecule has 0 aromatic rings. The molecule has 0 saturated heterocycles. The van der Waals surface area contributed by atoms with Crippen molar-refractivity contribution in [1.82, 2.24) is 0 Å². The van der Waals surface area contributed by atoms with E-state index < -0.39 is 58.4 Å². The van der Waals surface area contributed by atoms with Crippen LogP contribution in [0.3, 0.4) is 0 Å². The van der Waals surface area contributed by atoms with Crippen LogP contribution in [-0.2, 0) is 32.7 Å². The number of phosphoric acid groups is 1. The van der Waals surface area contributed by atoms with Gasteiger partial charge < -0.3 is 24.6 Å². The zero-order valence-corrected chi connectivity index (χ0v) is 39.3. The first-order valence-corrected chi connectivity index (χ1v) is 25.9. The molecule has 11 heteroatoms. The lowest BCUT2D eigenvalue weighted by Gasteiger charge is -2.20. The summed E-state index contributed by atoms with van der Waals surface area (Å²) >= 11 is 0. The number of allylic oxidation sites excluding steroid dienone is 6. The number of aliphatic hydroxyl groups is 2. The number of unbranched alkanes of at least 4 members (excludes halogenated alkanes) is 26. The number of carbonyl (C=O) groups is 2. The highest BCUT2D eigenvalue weighted by atomic mass is 31.2. The van der Waals surface area contributed by atoms with Crippen molar-refractivity contribution in [2.45, 2.75) is 238 Å². The molecule has 0 aliphatic rings. The van der Waals surface area contributed by atoms with Gasteiger partial charge in [0, 0.05) is 12.8 Å². The lowest BCUT2D eigenvalue weighted by molar-refractivity contribution is -0.153. The van der Waals surface area contributed by atoms with Crippen molar-refractivity contribution in [2.24, 2.45) is 0 Å². The van der Waals surface area contributed by atoms with Crippen molar-refractivity contribution in [1.29, 1.82) is 0 Å². The Kier molecular flexibility index (Phi) is 43.9. The monoisotopic (exact) mass is 871 g/mol. The molecule has 0 aliphatic heterocycles. The van der Waals surface area contributed by atoms with E-state index in [0.717, 1.165) is 51.4 Å². The van der Waals surface area contributed by atoms with E-state index in [0.29, 0.717) is 12.8 Å². The van der Waals surface area contributed by atoms with E-state index in [-0.39, 0.29) is 12.8 Å². The van der Waals surface area contributed by atoms with Gasteiger partial charge in [-0.15, -0.1) is 0 Å². The van der Waals surface area contributed by atoms with Crippen molar-refractivity contribution >= 4 is 19.8 Å². The smallest absolute Gasteiger partial charge is 0.457 e. The second-order valence-corrected chi connectivity index (χ2v) is 17.9. The molecule has 0 radical (unpaired) electrons. The topological polar surface area (TPSA) is 149 Å². The molecule has 3 atom stereocenters. The van der Waals surface area contributed by atoms with Crippen molar-refractivity contribution in [2.75, 3.05) is 26.4 Å². The molecule has 0 aromatic heterocycles. The van der Waals surface area contributed by atoms with Crippen LogP contribution in [0.25, 0.3) is 0 Å². The number of hydrogen-bond acceptors (Lipinski definition) is 9. The first kappa shape index (κ1) is 58.2. The van der Waals surface area contributed by atoms with Crippen LogP contribution in [0.2, 0.25) is 0 Å². The number of carbonyl (C=O) groups excluding carboxylic acids is 2. The van der Waals surface area contributed by atoms with Crippen LogP contribution in [0.4, 0.5) is 0 Å². The Hall–Kier alpha value is -1.81. The standard InChI is InChI=1S/C49H91O10P/c1-3-5-7-9-11-13-15-17-19-21-23-25-27-29-31-33-35-37-39-41-49(53)59-47(43-51)45-57-60(54,55)56-44-46(42-50)58-48(52)40-38-36-34-32-30-28-26-24-22-20-18-16-14-12-10-8-6-4-2/h14,16-17,19-20,22,46-47,50-51H,3-13,15,18,21,23-45H2,1-2H3,(H,54,55)/b16-14-,19-17-,22-20-. The third-order valence-corrected chi connectivity index (χ3v) is 11.5. The van der Waals surface area contributed by atoms with Crippen LogP contribution in [0.5, 0.6) is 0 Å². The molecule has 0 saturated carbocycles. The molecule has 0 aliphatic carbocycles. The highest BCUT2D eigenvalue weighted by Crippen LogP contribution is 2.43. The summed E-state index contributed by atoms with van der Waals surface area (Å²) in [6.07, 6.45) is 48.2. The first-order valence-electron chi connectivity index (χ1n) is 24.4. The summed E-state index contributed by atoms with van der Waals surface area (Å²) in [6.45, 7) is 2.20. The molecule has 0 fully saturated rings. The molecule has 3 N–H and O–H groups in total. The molecule has 0 rings (SSSR count). The molecule has 0 heterocycles. The molecule has 3 unspecified atom stereocenters. The Morgan fingerprint density at radius 3 is 1.07 bits per heavy atom. The van der Waals surface area contributed by atoms with Gasteiger partial charge in [-0.05, 0) is 70.6 Å². The van der Waals surface area contributed by atoms with Crippen LogP contribution in [0.1, 0.15) is 226 Å². The first-order chi connectivity index (χ1) is 29.3. The van der Waals surface area contributed by atoms with E-state index in [4.69, 9.17) is 18.5 Å². The molecule has 0 bridgehead atoms. The van der Waals surface area contributed by atoms with Gasteiger partial charge in [0.25, 0.3) is 0 Å². The third-order valence-electron chi connectivity index (χ3n) is 10.6.